The van der Waals surface area contributed by atoms with E-state index in [-0.39, 0.29) is 5.01 Å². The molecular weight excluding hydrogens is 264 g/mol. The lowest BCUT2D eigenvalue weighted by Gasteiger charge is -1.95. The molecule has 1 aromatic carbocycles. The van der Waals surface area contributed by atoms with Crippen molar-refractivity contribution in [2.24, 2.45) is 0 Å². The fraction of sp³-hybridized carbons (Fsp3) is 0.100. The van der Waals surface area contributed by atoms with Crippen molar-refractivity contribution in [3.8, 4) is 11.3 Å². The van der Waals surface area contributed by atoms with Gasteiger partial charge in [0.05, 0.1) is 5.69 Å². The van der Waals surface area contributed by atoms with Crippen LogP contribution in [-0.2, 0) is 9.09 Å². The second-order valence-electron chi connectivity index (χ2n) is 3.10. The molecule has 1 heterocycles. The third-order valence-corrected chi connectivity index (χ3v) is 3.19. The van der Waals surface area contributed by atoms with Gasteiger partial charge < -0.3 is 0 Å². The second-order valence-corrected chi connectivity index (χ2v) is 4.67. The summed E-state index contributed by atoms with van der Waals surface area (Å²) in [4.78, 5) is 12.4. The smallest absolute Gasteiger partial charge is 0.235 e. The van der Waals surface area contributed by atoms with Gasteiger partial charge in [-0.05, 0) is 0 Å². The van der Waals surface area contributed by atoms with E-state index in [0.717, 1.165) is 16.9 Å². The molecule has 4 nitrogen and oxygen atoms in total. The van der Waals surface area contributed by atoms with Crippen LogP contribution in [0, 0.1) is 0 Å². The molecule has 1 aromatic heterocycles. The Morgan fingerprint density at radius 1 is 1.41 bits per heavy atom. The first-order valence-electron chi connectivity index (χ1n) is 4.64. The Morgan fingerprint density at radius 3 is 2.76 bits per heavy atom. The van der Waals surface area contributed by atoms with Crippen LogP contribution in [0.15, 0.2) is 35.7 Å². The van der Waals surface area contributed by atoms with Crippen molar-refractivity contribution in [2.75, 3.05) is 0 Å². The van der Waals surface area contributed by atoms with Crippen molar-refractivity contribution < 1.29 is 18.4 Å². The number of rotatable bonds is 4. The minimum atomic E-state index is -2.97. The highest BCUT2D eigenvalue weighted by Gasteiger charge is 2.26. The summed E-state index contributed by atoms with van der Waals surface area (Å²) in [5.74, 6) is 0. The maximum absolute atomic E-state index is 13.3. The van der Waals surface area contributed by atoms with E-state index in [1.54, 1.807) is 5.38 Å². The molecule has 2 rings (SSSR count). The minimum absolute atomic E-state index is 0.0289. The predicted octanol–water partition coefficient (Wildman–Crippen LogP) is 3.44. The van der Waals surface area contributed by atoms with Gasteiger partial charge in [0.25, 0.3) is 0 Å². The SMILES string of the molecule is O=[P+](O)OC(F)c1nc(-c2ccccc2)cs1. The third kappa shape index (κ3) is 3.14. The number of alkyl halides is 1. The van der Waals surface area contributed by atoms with Gasteiger partial charge in [-0.1, -0.05) is 34.9 Å². The van der Waals surface area contributed by atoms with Crippen LogP contribution in [0.3, 0.4) is 0 Å². The first-order valence-corrected chi connectivity index (χ1v) is 6.65. The Kier molecular flexibility index (Phi) is 3.91. The maximum Gasteiger partial charge on any atom is 0.698 e. The van der Waals surface area contributed by atoms with Crippen LogP contribution in [0.4, 0.5) is 4.39 Å². The van der Waals surface area contributed by atoms with E-state index in [1.807, 2.05) is 30.3 Å². The molecule has 7 heteroatoms. The average Bonchev–Trinajstić information content (AvgIpc) is 2.78. The van der Waals surface area contributed by atoms with E-state index in [2.05, 4.69) is 9.51 Å². The molecule has 0 saturated carbocycles. The van der Waals surface area contributed by atoms with E-state index in [0.29, 0.717) is 5.69 Å². The van der Waals surface area contributed by atoms with Gasteiger partial charge in [-0.2, -0.15) is 0 Å². The van der Waals surface area contributed by atoms with Gasteiger partial charge in [-0.15, -0.1) is 16.2 Å². The number of benzene rings is 1. The molecule has 0 aliphatic carbocycles. The summed E-state index contributed by atoms with van der Waals surface area (Å²) in [5, 5.41) is 1.70. The summed E-state index contributed by atoms with van der Waals surface area (Å²) < 4.78 is 27.8. The van der Waals surface area contributed by atoms with Crippen molar-refractivity contribution >= 4 is 19.6 Å². The first kappa shape index (κ1) is 12.3. The molecule has 0 amide bonds. The molecule has 0 aliphatic rings. The van der Waals surface area contributed by atoms with Gasteiger partial charge in [0, 0.05) is 15.5 Å². The molecule has 0 aliphatic heterocycles. The van der Waals surface area contributed by atoms with Gasteiger partial charge >= 0.3 is 14.6 Å². The van der Waals surface area contributed by atoms with Gasteiger partial charge in [0.1, 0.15) is 0 Å². The van der Waals surface area contributed by atoms with Crippen LogP contribution in [0.25, 0.3) is 11.3 Å². The van der Waals surface area contributed by atoms with Crippen LogP contribution in [0.2, 0.25) is 0 Å². The highest BCUT2D eigenvalue weighted by Crippen LogP contribution is 2.33. The highest BCUT2D eigenvalue weighted by molar-refractivity contribution is 7.32. The van der Waals surface area contributed by atoms with Gasteiger partial charge in [0.15, 0.2) is 5.01 Å². The van der Waals surface area contributed by atoms with E-state index in [4.69, 9.17) is 4.89 Å². The molecule has 0 bridgehead atoms. The molecule has 2 aromatic rings. The summed E-state index contributed by atoms with van der Waals surface area (Å²) >= 11 is 1.04. The lowest BCUT2D eigenvalue weighted by atomic mass is 10.2. The number of nitrogens with zero attached hydrogens (tertiary/aromatic N) is 1. The number of halogens is 1. The molecule has 2 unspecified atom stereocenters. The molecule has 17 heavy (non-hydrogen) atoms. The molecule has 0 fully saturated rings. The lowest BCUT2D eigenvalue weighted by Crippen LogP contribution is -1.91. The molecule has 0 spiro atoms. The quantitative estimate of drug-likeness (QED) is 0.866. The van der Waals surface area contributed by atoms with Crippen molar-refractivity contribution in [1.29, 1.82) is 0 Å². The lowest BCUT2D eigenvalue weighted by molar-refractivity contribution is 0.0634. The van der Waals surface area contributed by atoms with Crippen LogP contribution < -0.4 is 0 Å². The Labute approximate surface area is 102 Å². The third-order valence-electron chi connectivity index (χ3n) is 1.97. The topological polar surface area (TPSA) is 59.4 Å². The van der Waals surface area contributed by atoms with Gasteiger partial charge in [-0.3, -0.25) is 0 Å². The Balaban J connectivity index is 2.19. The second kappa shape index (κ2) is 5.42. The summed E-state index contributed by atoms with van der Waals surface area (Å²) in [7, 11) is -2.97. The van der Waals surface area contributed by atoms with Crippen LogP contribution in [-0.4, -0.2) is 9.88 Å². The zero-order valence-corrected chi connectivity index (χ0v) is 10.2. The van der Waals surface area contributed by atoms with Crippen molar-refractivity contribution in [3.05, 3.63) is 40.7 Å². The highest BCUT2D eigenvalue weighted by atomic mass is 32.1. The van der Waals surface area contributed by atoms with E-state index >= 15 is 0 Å². The largest absolute Gasteiger partial charge is 0.698 e. The standard InChI is InChI=1S/C10H7FNO3PS/c11-9(15-16(13)14)10-12-8(6-17-10)7-4-2-1-3-5-7/h1-6,9H/p+1. The Bertz CT molecular complexity index is 519. The van der Waals surface area contributed by atoms with Crippen LogP contribution in [0.5, 0.6) is 0 Å². The van der Waals surface area contributed by atoms with Crippen molar-refractivity contribution in [3.63, 3.8) is 0 Å². The van der Waals surface area contributed by atoms with E-state index in [9.17, 15) is 8.96 Å². The van der Waals surface area contributed by atoms with Crippen molar-refractivity contribution in [1.82, 2.24) is 4.98 Å². The summed E-state index contributed by atoms with van der Waals surface area (Å²) in [6, 6.07) is 9.26. The molecule has 88 valence electrons. The zero-order chi connectivity index (χ0) is 12.3. The number of thiazole rings is 1. The van der Waals surface area contributed by atoms with E-state index in [1.165, 1.54) is 0 Å². The number of hydrogen-bond acceptors (Lipinski definition) is 4. The Morgan fingerprint density at radius 2 is 2.12 bits per heavy atom. The predicted molar refractivity (Wildman–Crippen MR) is 62.3 cm³/mol. The molecule has 2 atom stereocenters. The van der Waals surface area contributed by atoms with Gasteiger partial charge in [0.2, 0.25) is 0 Å². The van der Waals surface area contributed by atoms with Gasteiger partial charge in [-0.25, -0.2) is 9.37 Å². The fourth-order valence-corrected chi connectivity index (χ4v) is 2.31. The molecule has 0 saturated heterocycles. The molecular formula is C10H8FNO3PS+. The summed E-state index contributed by atoms with van der Waals surface area (Å²) in [6.07, 6.45) is -1.97. The monoisotopic (exact) mass is 272 g/mol. The molecule has 1 N–H and O–H groups in total. The Hall–Kier alpha value is -1.20. The summed E-state index contributed by atoms with van der Waals surface area (Å²) in [6.45, 7) is 0. The first-order chi connectivity index (χ1) is 8.16. The molecule has 0 radical (unpaired) electrons. The normalized spacial score (nSPS) is 13.4. The maximum atomic E-state index is 13.3. The summed E-state index contributed by atoms with van der Waals surface area (Å²) in [5.41, 5.74) is 1.47. The fourth-order valence-electron chi connectivity index (χ4n) is 1.26. The van der Waals surface area contributed by atoms with Crippen LogP contribution >= 0.6 is 19.6 Å². The van der Waals surface area contributed by atoms with E-state index < -0.39 is 14.6 Å². The minimum Gasteiger partial charge on any atom is -0.235 e. The van der Waals surface area contributed by atoms with Crippen LogP contribution in [0.1, 0.15) is 11.4 Å². The number of aromatic nitrogens is 1. The zero-order valence-electron chi connectivity index (χ0n) is 8.49. The van der Waals surface area contributed by atoms with Crippen molar-refractivity contribution in [2.45, 2.75) is 6.36 Å². The average molecular weight is 272 g/mol. The number of hydrogen-bond donors (Lipinski definition) is 1.